The first-order valence-electron chi connectivity index (χ1n) is 9.21. The van der Waals surface area contributed by atoms with Crippen LogP contribution in [0.15, 0.2) is 60.7 Å². The molecular weight excluding hydrogens is 416 g/mol. The molecule has 1 aromatic heterocycles. The summed E-state index contributed by atoms with van der Waals surface area (Å²) in [7, 11) is 0. The van der Waals surface area contributed by atoms with E-state index in [0.29, 0.717) is 5.56 Å². The minimum absolute atomic E-state index is 0.000620. The smallest absolute Gasteiger partial charge is 0.416 e. The van der Waals surface area contributed by atoms with Gasteiger partial charge >= 0.3 is 6.18 Å². The maximum absolute atomic E-state index is 13.8. The van der Waals surface area contributed by atoms with E-state index in [1.54, 1.807) is 13.0 Å². The Kier molecular flexibility index (Phi) is 6.55. The first-order chi connectivity index (χ1) is 14.7. The molecule has 0 aliphatic rings. The highest BCUT2D eigenvalue weighted by Gasteiger charge is 2.30. The Balaban J connectivity index is 1.98. The standard InChI is InChI=1S/C22H18F4N2O3/c1-13(12-29)27-21(30)18-9-10-19(20(28-18)14-3-2-4-16(23)11-14)31-17-7-5-15(6-8-17)22(24,25)26/h2-11,13,29H,12H2,1H3,(H,27,30)/t13-/m1/s1. The van der Waals surface area contributed by atoms with Gasteiger partial charge in [-0.25, -0.2) is 9.37 Å². The van der Waals surface area contributed by atoms with Crippen molar-refractivity contribution in [2.24, 2.45) is 0 Å². The Morgan fingerprint density at radius 2 is 1.84 bits per heavy atom. The summed E-state index contributed by atoms with van der Waals surface area (Å²) in [6.07, 6.45) is -4.48. The molecule has 1 atom stereocenters. The number of aliphatic hydroxyl groups excluding tert-OH is 1. The molecule has 0 saturated carbocycles. The van der Waals surface area contributed by atoms with Crippen molar-refractivity contribution in [1.29, 1.82) is 0 Å². The Hall–Kier alpha value is -3.46. The SMILES string of the molecule is C[C@H](CO)NC(=O)c1ccc(Oc2ccc(C(F)(F)F)cc2)c(-c2cccc(F)c2)n1. The molecule has 0 aliphatic carbocycles. The van der Waals surface area contributed by atoms with Crippen molar-refractivity contribution in [1.82, 2.24) is 10.3 Å². The van der Waals surface area contributed by atoms with Crippen LogP contribution < -0.4 is 10.1 Å². The fraction of sp³-hybridized carbons (Fsp3) is 0.182. The van der Waals surface area contributed by atoms with Gasteiger partial charge in [0.05, 0.1) is 12.2 Å². The zero-order valence-electron chi connectivity index (χ0n) is 16.3. The lowest BCUT2D eigenvalue weighted by molar-refractivity contribution is -0.137. The molecule has 0 spiro atoms. The monoisotopic (exact) mass is 434 g/mol. The quantitative estimate of drug-likeness (QED) is 0.547. The number of alkyl halides is 3. The molecule has 0 unspecified atom stereocenters. The fourth-order valence-corrected chi connectivity index (χ4v) is 2.68. The van der Waals surface area contributed by atoms with Gasteiger partial charge in [-0.3, -0.25) is 4.79 Å². The summed E-state index contributed by atoms with van der Waals surface area (Å²) < 4.78 is 57.7. The minimum atomic E-state index is -4.48. The number of nitrogens with one attached hydrogen (secondary N) is 1. The average Bonchev–Trinajstić information content (AvgIpc) is 2.73. The van der Waals surface area contributed by atoms with Crippen molar-refractivity contribution in [3.05, 3.63) is 77.7 Å². The molecule has 0 aliphatic heterocycles. The third-order valence-corrected chi connectivity index (χ3v) is 4.25. The number of amides is 1. The Morgan fingerprint density at radius 1 is 1.13 bits per heavy atom. The second-order valence-corrected chi connectivity index (χ2v) is 6.73. The van der Waals surface area contributed by atoms with E-state index in [-0.39, 0.29) is 29.5 Å². The molecule has 0 bridgehead atoms. The van der Waals surface area contributed by atoms with Gasteiger partial charge in [0, 0.05) is 11.6 Å². The predicted molar refractivity (Wildman–Crippen MR) is 105 cm³/mol. The van der Waals surface area contributed by atoms with Crippen LogP contribution in [0.4, 0.5) is 17.6 Å². The molecule has 162 valence electrons. The molecular formula is C22H18F4N2O3. The molecule has 5 nitrogen and oxygen atoms in total. The molecule has 31 heavy (non-hydrogen) atoms. The zero-order valence-corrected chi connectivity index (χ0v) is 16.3. The number of ether oxygens (including phenoxy) is 1. The van der Waals surface area contributed by atoms with E-state index < -0.39 is 29.5 Å². The summed E-state index contributed by atoms with van der Waals surface area (Å²) in [6.45, 7) is 1.34. The van der Waals surface area contributed by atoms with Crippen molar-refractivity contribution in [3.8, 4) is 22.8 Å². The highest BCUT2D eigenvalue weighted by Crippen LogP contribution is 2.34. The average molecular weight is 434 g/mol. The molecule has 2 N–H and O–H groups in total. The lowest BCUT2D eigenvalue weighted by atomic mass is 10.1. The molecule has 3 rings (SSSR count). The fourth-order valence-electron chi connectivity index (χ4n) is 2.68. The number of aliphatic hydroxyl groups is 1. The number of benzene rings is 2. The van der Waals surface area contributed by atoms with Gasteiger partial charge in [-0.2, -0.15) is 13.2 Å². The van der Waals surface area contributed by atoms with E-state index in [1.165, 1.54) is 30.3 Å². The molecule has 3 aromatic rings. The summed E-state index contributed by atoms with van der Waals surface area (Å²) in [5.74, 6) is -0.862. The first-order valence-corrected chi connectivity index (χ1v) is 9.21. The second kappa shape index (κ2) is 9.13. The number of hydrogen-bond acceptors (Lipinski definition) is 4. The van der Waals surface area contributed by atoms with Crippen molar-refractivity contribution >= 4 is 5.91 Å². The molecule has 0 fully saturated rings. The number of carbonyl (C=O) groups excluding carboxylic acids is 1. The van der Waals surface area contributed by atoms with Crippen LogP contribution in [-0.4, -0.2) is 28.6 Å². The van der Waals surface area contributed by atoms with Crippen LogP contribution in [0, 0.1) is 5.82 Å². The third-order valence-electron chi connectivity index (χ3n) is 4.25. The lowest BCUT2D eigenvalue weighted by Gasteiger charge is -2.14. The minimum Gasteiger partial charge on any atom is -0.455 e. The highest BCUT2D eigenvalue weighted by molar-refractivity contribution is 5.93. The largest absolute Gasteiger partial charge is 0.455 e. The summed E-state index contributed by atoms with van der Waals surface area (Å²) in [5.41, 5.74) is -0.386. The van der Waals surface area contributed by atoms with Crippen LogP contribution in [-0.2, 0) is 6.18 Å². The van der Waals surface area contributed by atoms with Gasteiger partial charge in [0.25, 0.3) is 5.91 Å². The van der Waals surface area contributed by atoms with Crippen LogP contribution in [0.25, 0.3) is 11.3 Å². The Morgan fingerprint density at radius 3 is 2.45 bits per heavy atom. The van der Waals surface area contributed by atoms with Gasteiger partial charge in [0.15, 0.2) is 5.75 Å². The van der Waals surface area contributed by atoms with E-state index in [1.807, 2.05) is 0 Å². The lowest BCUT2D eigenvalue weighted by Crippen LogP contribution is -2.35. The number of rotatable bonds is 6. The molecule has 2 aromatic carbocycles. The first kappa shape index (κ1) is 22.2. The summed E-state index contributed by atoms with van der Waals surface area (Å²) >= 11 is 0. The third kappa shape index (κ3) is 5.58. The topological polar surface area (TPSA) is 71.5 Å². The normalized spacial score (nSPS) is 12.3. The number of hydrogen-bond donors (Lipinski definition) is 2. The van der Waals surface area contributed by atoms with Crippen LogP contribution >= 0.6 is 0 Å². The maximum Gasteiger partial charge on any atom is 0.416 e. The number of halogens is 4. The van der Waals surface area contributed by atoms with Gasteiger partial charge in [-0.05, 0) is 55.5 Å². The zero-order chi connectivity index (χ0) is 22.6. The maximum atomic E-state index is 13.8. The summed E-state index contributed by atoms with van der Waals surface area (Å²) in [6, 6.07) is 11.8. The molecule has 1 amide bonds. The molecule has 0 radical (unpaired) electrons. The van der Waals surface area contributed by atoms with E-state index in [4.69, 9.17) is 9.84 Å². The van der Waals surface area contributed by atoms with Gasteiger partial charge in [0.2, 0.25) is 0 Å². The van der Waals surface area contributed by atoms with Crippen LogP contribution in [0.1, 0.15) is 23.0 Å². The van der Waals surface area contributed by atoms with E-state index in [0.717, 1.165) is 24.3 Å². The van der Waals surface area contributed by atoms with Crippen molar-refractivity contribution in [3.63, 3.8) is 0 Å². The molecule has 9 heteroatoms. The van der Waals surface area contributed by atoms with E-state index >= 15 is 0 Å². The van der Waals surface area contributed by atoms with Crippen molar-refractivity contribution < 1.29 is 32.2 Å². The van der Waals surface area contributed by atoms with Gasteiger partial charge in [0.1, 0.15) is 23.0 Å². The Labute approximate surface area is 175 Å². The van der Waals surface area contributed by atoms with Gasteiger partial charge in [-0.1, -0.05) is 12.1 Å². The van der Waals surface area contributed by atoms with Gasteiger partial charge in [-0.15, -0.1) is 0 Å². The van der Waals surface area contributed by atoms with E-state index in [2.05, 4.69) is 10.3 Å². The van der Waals surface area contributed by atoms with Crippen molar-refractivity contribution in [2.75, 3.05) is 6.61 Å². The molecule has 0 saturated heterocycles. The number of aromatic nitrogens is 1. The number of carbonyl (C=O) groups is 1. The van der Waals surface area contributed by atoms with Gasteiger partial charge < -0.3 is 15.2 Å². The van der Waals surface area contributed by atoms with Crippen LogP contribution in [0.2, 0.25) is 0 Å². The second-order valence-electron chi connectivity index (χ2n) is 6.73. The van der Waals surface area contributed by atoms with Crippen LogP contribution in [0.5, 0.6) is 11.5 Å². The predicted octanol–water partition coefficient (Wildman–Crippen LogP) is 4.81. The highest BCUT2D eigenvalue weighted by atomic mass is 19.4. The van der Waals surface area contributed by atoms with E-state index in [9.17, 15) is 22.4 Å². The number of nitrogens with zero attached hydrogens (tertiary/aromatic N) is 1. The van der Waals surface area contributed by atoms with Crippen molar-refractivity contribution in [2.45, 2.75) is 19.1 Å². The summed E-state index contributed by atoms with van der Waals surface area (Å²) in [5, 5.41) is 11.7. The summed E-state index contributed by atoms with van der Waals surface area (Å²) in [4.78, 5) is 16.6. The Bertz CT molecular complexity index is 1070. The van der Waals surface area contributed by atoms with Crippen LogP contribution in [0.3, 0.4) is 0 Å². The number of pyridine rings is 1. The molecule has 1 heterocycles.